The molecule has 6 nitrogen and oxygen atoms in total. The van der Waals surface area contributed by atoms with E-state index in [9.17, 15) is 18.7 Å². The third kappa shape index (κ3) is 4.37. The first-order valence-corrected chi connectivity index (χ1v) is 9.41. The summed E-state index contributed by atoms with van der Waals surface area (Å²) in [5.41, 5.74) is 0.977. The minimum Gasteiger partial charge on any atom is -0.485 e. The average Bonchev–Trinajstić information content (AvgIpc) is 3.03. The van der Waals surface area contributed by atoms with E-state index in [2.05, 4.69) is 10.3 Å². The molecule has 3 rings (SSSR count). The van der Waals surface area contributed by atoms with Crippen LogP contribution in [0.3, 0.4) is 0 Å². The fraction of sp³-hybridized carbons (Fsp3) is 0.333. The monoisotopic (exact) mass is 403 g/mol. The van der Waals surface area contributed by atoms with E-state index in [0.29, 0.717) is 29.2 Å². The lowest BCUT2D eigenvalue weighted by Gasteiger charge is -2.15. The van der Waals surface area contributed by atoms with Crippen molar-refractivity contribution in [2.75, 3.05) is 6.61 Å². The van der Waals surface area contributed by atoms with Gasteiger partial charge in [-0.3, -0.25) is 9.20 Å². The lowest BCUT2D eigenvalue weighted by atomic mass is 10.1. The smallest absolute Gasteiger partial charge is 0.270 e. The zero-order valence-corrected chi connectivity index (χ0v) is 16.3. The number of carbonyl (C=O) groups excluding carboxylic acids is 1. The third-order valence-electron chi connectivity index (χ3n) is 4.63. The van der Waals surface area contributed by atoms with E-state index in [1.54, 1.807) is 29.7 Å². The second-order valence-electron chi connectivity index (χ2n) is 6.74. The number of carbonyl (C=O) groups is 1. The van der Waals surface area contributed by atoms with Crippen LogP contribution < -0.4 is 10.1 Å². The highest BCUT2D eigenvalue weighted by molar-refractivity contribution is 5.95. The van der Waals surface area contributed by atoms with E-state index in [0.717, 1.165) is 6.42 Å². The number of aromatic nitrogens is 2. The van der Waals surface area contributed by atoms with E-state index in [1.165, 1.54) is 18.2 Å². The van der Waals surface area contributed by atoms with Crippen LogP contribution in [0.25, 0.3) is 5.65 Å². The molecular formula is C21H23F2N3O3. The van der Waals surface area contributed by atoms with Crippen LogP contribution in [0.1, 0.15) is 41.5 Å². The van der Waals surface area contributed by atoms with Crippen molar-refractivity contribution in [2.24, 2.45) is 0 Å². The summed E-state index contributed by atoms with van der Waals surface area (Å²) in [7, 11) is 0. The summed E-state index contributed by atoms with van der Waals surface area (Å²) in [6, 6.07) is 6.55. The van der Waals surface area contributed by atoms with E-state index >= 15 is 0 Å². The summed E-state index contributed by atoms with van der Waals surface area (Å²) < 4.78 is 34.9. The molecule has 0 aliphatic heterocycles. The van der Waals surface area contributed by atoms with Crippen molar-refractivity contribution >= 4 is 11.6 Å². The standard InChI is InChI=1S/C21H23F2N3O3/c1-3-6-14(11-27)25-21(28)19-13(2)24-20-18(9-5-10-26(19)20)29-12-15-16(22)7-4-8-17(15)23/h4-5,7-10,14,27H,3,6,11-12H2,1-2H3,(H,25,28)/t14-/m1/s1. The normalized spacial score (nSPS) is 12.2. The van der Waals surface area contributed by atoms with E-state index in [-0.39, 0.29) is 30.7 Å². The number of pyridine rings is 1. The predicted octanol–water partition coefficient (Wildman–Crippen LogP) is 3.39. The van der Waals surface area contributed by atoms with Crippen molar-refractivity contribution in [3.05, 3.63) is 65.1 Å². The fourth-order valence-corrected chi connectivity index (χ4v) is 3.17. The lowest BCUT2D eigenvalue weighted by molar-refractivity contribution is 0.0906. The minimum atomic E-state index is -0.692. The molecule has 3 aromatic rings. The first-order chi connectivity index (χ1) is 14.0. The fourth-order valence-electron chi connectivity index (χ4n) is 3.17. The summed E-state index contributed by atoms with van der Waals surface area (Å²) in [6.45, 7) is 3.19. The molecule has 0 saturated heterocycles. The predicted molar refractivity (Wildman–Crippen MR) is 104 cm³/mol. The van der Waals surface area contributed by atoms with E-state index in [1.807, 2.05) is 6.92 Å². The molecular weight excluding hydrogens is 380 g/mol. The van der Waals surface area contributed by atoms with Gasteiger partial charge >= 0.3 is 0 Å². The number of halogens is 2. The molecule has 0 radical (unpaired) electrons. The van der Waals surface area contributed by atoms with Gasteiger partial charge in [0.1, 0.15) is 23.9 Å². The van der Waals surface area contributed by atoms with Gasteiger partial charge in [-0.1, -0.05) is 19.4 Å². The van der Waals surface area contributed by atoms with Gasteiger partial charge < -0.3 is 15.2 Å². The minimum absolute atomic E-state index is 0.155. The molecule has 29 heavy (non-hydrogen) atoms. The van der Waals surface area contributed by atoms with Gasteiger partial charge in [0.25, 0.3) is 5.91 Å². The van der Waals surface area contributed by atoms with Crippen LogP contribution in [0.5, 0.6) is 5.75 Å². The zero-order valence-electron chi connectivity index (χ0n) is 16.3. The molecule has 154 valence electrons. The Labute approximate surface area is 167 Å². The topological polar surface area (TPSA) is 75.9 Å². The maximum Gasteiger partial charge on any atom is 0.270 e. The van der Waals surface area contributed by atoms with Crippen LogP contribution in [-0.2, 0) is 6.61 Å². The quantitative estimate of drug-likeness (QED) is 0.605. The first kappa shape index (κ1) is 20.7. The number of rotatable bonds is 8. The molecule has 2 heterocycles. The van der Waals surface area contributed by atoms with Crippen LogP contribution in [-0.4, -0.2) is 33.0 Å². The second-order valence-corrected chi connectivity index (χ2v) is 6.74. The molecule has 0 spiro atoms. The first-order valence-electron chi connectivity index (χ1n) is 9.41. The van der Waals surface area contributed by atoms with Gasteiger partial charge in [0.05, 0.1) is 23.9 Å². The van der Waals surface area contributed by atoms with E-state index < -0.39 is 11.6 Å². The molecule has 0 fully saturated rings. The molecule has 8 heteroatoms. The summed E-state index contributed by atoms with van der Waals surface area (Å²) in [5, 5.41) is 12.2. The number of aryl methyl sites for hydroxylation is 1. The maximum atomic E-state index is 13.8. The van der Waals surface area contributed by atoms with Crippen LogP contribution in [0, 0.1) is 18.6 Å². The van der Waals surface area contributed by atoms with Crippen LogP contribution in [0.4, 0.5) is 8.78 Å². The molecule has 0 aliphatic carbocycles. The van der Waals surface area contributed by atoms with Gasteiger partial charge in [0.2, 0.25) is 0 Å². The molecule has 0 bridgehead atoms. The molecule has 0 aliphatic rings. The van der Waals surface area contributed by atoms with Gasteiger partial charge in [0.15, 0.2) is 11.4 Å². The number of nitrogens with one attached hydrogen (secondary N) is 1. The lowest BCUT2D eigenvalue weighted by Crippen LogP contribution is -2.38. The van der Waals surface area contributed by atoms with Crippen molar-refractivity contribution in [1.82, 2.24) is 14.7 Å². The Balaban J connectivity index is 1.88. The molecule has 1 atom stereocenters. The molecule has 1 aromatic carbocycles. The summed E-state index contributed by atoms with van der Waals surface area (Å²) in [5.74, 6) is -1.45. The number of fused-ring (bicyclic) bond motifs is 1. The third-order valence-corrected chi connectivity index (χ3v) is 4.63. The molecule has 2 N–H and O–H groups in total. The van der Waals surface area contributed by atoms with Gasteiger partial charge in [-0.05, 0) is 37.6 Å². The van der Waals surface area contributed by atoms with Gasteiger partial charge in [0, 0.05) is 6.20 Å². The van der Waals surface area contributed by atoms with Crippen molar-refractivity contribution in [2.45, 2.75) is 39.3 Å². The number of aliphatic hydroxyl groups is 1. The number of aliphatic hydroxyl groups excluding tert-OH is 1. The number of hydrogen-bond acceptors (Lipinski definition) is 4. The largest absolute Gasteiger partial charge is 0.485 e. The van der Waals surface area contributed by atoms with Crippen LogP contribution >= 0.6 is 0 Å². The Morgan fingerprint density at radius 3 is 2.66 bits per heavy atom. The Morgan fingerprint density at radius 1 is 1.28 bits per heavy atom. The van der Waals surface area contributed by atoms with Crippen LogP contribution in [0.15, 0.2) is 36.5 Å². The van der Waals surface area contributed by atoms with Crippen molar-refractivity contribution < 1.29 is 23.4 Å². The summed E-state index contributed by atoms with van der Waals surface area (Å²) in [6.07, 6.45) is 3.14. The Morgan fingerprint density at radius 2 is 2.00 bits per heavy atom. The number of hydrogen-bond donors (Lipinski definition) is 2. The van der Waals surface area contributed by atoms with Crippen LogP contribution in [0.2, 0.25) is 0 Å². The number of amides is 1. The van der Waals surface area contributed by atoms with Gasteiger partial charge in [-0.25, -0.2) is 13.8 Å². The Kier molecular flexibility index (Phi) is 6.43. The highest BCUT2D eigenvalue weighted by Crippen LogP contribution is 2.24. The second kappa shape index (κ2) is 9.00. The zero-order chi connectivity index (χ0) is 21.0. The molecule has 0 saturated carbocycles. The van der Waals surface area contributed by atoms with Crippen molar-refractivity contribution in [3.8, 4) is 5.75 Å². The average molecular weight is 403 g/mol. The number of ether oxygens (including phenoxy) is 1. The maximum absolute atomic E-state index is 13.8. The van der Waals surface area contributed by atoms with Crippen molar-refractivity contribution in [3.63, 3.8) is 0 Å². The highest BCUT2D eigenvalue weighted by Gasteiger charge is 2.21. The van der Waals surface area contributed by atoms with Gasteiger partial charge in [-0.15, -0.1) is 0 Å². The van der Waals surface area contributed by atoms with Gasteiger partial charge in [-0.2, -0.15) is 0 Å². The number of imidazole rings is 1. The Bertz CT molecular complexity index is 1000. The highest BCUT2D eigenvalue weighted by atomic mass is 19.1. The number of benzene rings is 1. The van der Waals surface area contributed by atoms with Crippen molar-refractivity contribution in [1.29, 1.82) is 0 Å². The summed E-state index contributed by atoms with van der Waals surface area (Å²) >= 11 is 0. The number of nitrogens with zero attached hydrogens (tertiary/aromatic N) is 2. The van der Waals surface area contributed by atoms with E-state index in [4.69, 9.17) is 4.74 Å². The molecule has 1 amide bonds. The Hall–Kier alpha value is -3.00. The summed E-state index contributed by atoms with van der Waals surface area (Å²) in [4.78, 5) is 17.1. The molecule has 0 unspecified atom stereocenters. The SMILES string of the molecule is CCC[C@H](CO)NC(=O)c1c(C)nc2c(OCc3c(F)cccc3F)cccn12. The molecule has 2 aromatic heterocycles.